The highest BCUT2D eigenvalue weighted by Gasteiger charge is 2.25. The maximum absolute atomic E-state index is 12.0. The number of nitrogens with zero attached hydrogens (tertiary/aromatic N) is 3. The van der Waals surface area contributed by atoms with Crippen molar-refractivity contribution in [1.29, 1.82) is 5.26 Å². The van der Waals surface area contributed by atoms with Crippen LogP contribution in [0, 0.1) is 11.3 Å². The molecule has 19 heavy (non-hydrogen) atoms. The van der Waals surface area contributed by atoms with Crippen LogP contribution in [0.1, 0.15) is 16.8 Å². The third-order valence-corrected chi connectivity index (χ3v) is 3.57. The fourth-order valence-corrected chi connectivity index (χ4v) is 2.73. The Morgan fingerprint density at radius 1 is 1.42 bits per heavy atom. The fraction of sp³-hybridized carbons (Fsp3) is 0.0714. The number of nitrogens with one attached hydrogen (secondary N) is 1. The number of aromatic amines is 1. The van der Waals surface area contributed by atoms with E-state index >= 15 is 0 Å². The fourth-order valence-electron chi connectivity index (χ4n) is 2.73. The smallest absolute Gasteiger partial charge is 0.292 e. The minimum atomic E-state index is -0.209. The number of rotatable bonds is 0. The maximum Gasteiger partial charge on any atom is 0.292 e. The minimum Gasteiger partial charge on any atom is -0.317 e. The number of hydrogen-bond acceptors (Lipinski definition) is 3. The highest BCUT2D eigenvalue weighted by Crippen LogP contribution is 2.35. The molecule has 0 atom stereocenters. The molecule has 0 unspecified atom stereocenters. The lowest BCUT2D eigenvalue weighted by Gasteiger charge is -2.03. The monoisotopic (exact) mass is 248 g/mol. The maximum atomic E-state index is 12.0. The average Bonchev–Trinajstić information content (AvgIpc) is 3.03. The van der Waals surface area contributed by atoms with Crippen LogP contribution in [0.3, 0.4) is 0 Å². The Hall–Kier alpha value is -2.87. The molecule has 0 radical (unpaired) electrons. The van der Waals surface area contributed by atoms with E-state index in [0.29, 0.717) is 17.6 Å². The van der Waals surface area contributed by atoms with E-state index in [2.05, 4.69) is 16.0 Å². The normalized spacial score (nSPS) is 12.2. The van der Waals surface area contributed by atoms with Crippen molar-refractivity contribution in [2.45, 2.75) is 6.42 Å². The number of hydrogen-bond donors (Lipinski definition) is 1. The van der Waals surface area contributed by atoms with Crippen LogP contribution in [0.25, 0.3) is 16.9 Å². The zero-order valence-corrected chi connectivity index (χ0v) is 9.84. The van der Waals surface area contributed by atoms with Gasteiger partial charge >= 0.3 is 0 Å². The Morgan fingerprint density at radius 3 is 3.16 bits per heavy atom. The second-order valence-corrected chi connectivity index (χ2v) is 4.52. The molecule has 0 aliphatic heterocycles. The average molecular weight is 248 g/mol. The van der Waals surface area contributed by atoms with Crippen molar-refractivity contribution in [3.05, 3.63) is 57.8 Å². The lowest BCUT2D eigenvalue weighted by Crippen LogP contribution is -2.13. The zero-order chi connectivity index (χ0) is 13.0. The number of fused-ring (bicyclic) bond motifs is 5. The first kappa shape index (κ1) is 10.1. The molecule has 1 aromatic carbocycles. The van der Waals surface area contributed by atoms with Gasteiger partial charge in [-0.25, -0.2) is 4.98 Å². The molecule has 90 valence electrons. The summed E-state index contributed by atoms with van der Waals surface area (Å²) in [5.41, 5.74) is 4.51. The summed E-state index contributed by atoms with van der Waals surface area (Å²) in [7, 11) is 0. The molecule has 5 heteroatoms. The van der Waals surface area contributed by atoms with Gasteiger partial charge in [-0.1, -0.05) is 12.1 Å². The van der Waals surface area contributed by atoms with Crippen molar-refractivity contribution in [2.24, 2.45) is 0 Å². The van der Waals surface area contributed by atoms with E-state index in [-0.39, 0.29) is 5.56 Å². The van der Waals surface area contributed by atoms with Gasteiger partial charge in [-0.2, -0.15) is 5.26 Å². The summed E-state index contributed by atoms with van der Waals surface area (Å²) in [6.07, 6.45) is 4.03. The Bertz CT molecular complexity index is 927. The van der Waals surface area contributed by atoms with Gasteiger partial charge in [-0.3, -0.25) is 9.20 Å². The summed E-state index contributed by atoms with van der Waals surface area (Å²) in [5.74, 6) is 0. The standard InChI is InChI=1S/C14H8N4O/c15-7-8-2-1-3-9-10(8)6-11-12(9)17-14(19)13-16-4-5-18(11)13/h1-5H,6H2,(H,17,19). The van der Waals surface area contributed by atoms with Crippen LogP contribution in [0.4, 0.5) is 0 Å². The van der Waals surface area contributed by atoms with Gasteiger partial charge in [0.2, 0.25) is 5.65 Å². The van der Waals surface area contributed by atoms with Crippen molar-refractivity contribution in [1.82, 2.24) is 14.4 Å². The first-order chi connectivity index (χ1) is 9.29. The van der Waals surface area contributed by atoms with E-state index < -0.39 is 0 Å². The van der Waals surface area contributed by atoms with Gasteiger partial charge in [0.25, 0.3) is 5.56 Å². The van der Waals surface area contributed by atoms with Crippen LogP contribution in [0.5, 0.6) is 0 Å². The third kappa shape index (κ3) is 1.17. The van der Waals surface area contributed by atoms with Crippen molar-refractivity contribution < 1.29 is 0 Å². The molecule has 2 aromatic heterocycles. The number of imidazole rings is 1. The third-order valence-electron chi connectivity index (χ3n) is 3.57. The summed E-state index contributed by atoms with van der Waals surface area (Å²) in [5, 5.41) is 9.17. The van der Waals surface area contributed by atoms with E-state index in [1.807, 2.05) is 12.1 Å². The Labute approximate surface area is 107 Å². The second kappa shape index (κ2) is 3.33. The number of nitriles is 1. The summed E-state index contributed by atoms with van der Waals surface area (Å²) < 4.78 is 1.80. The molecule has 0 fully saturated rings. The number of H-pyrrole nitrogens is 1. The van der Waals surface area contributed by atoms with Gasteiger partial charge < -0.3 is 4.98 Å². The first-order valence-corrected chi connectivity index (χ1v) is 5.90. The predicted molar refractivity (Wildman–Crippen MR) is 68.8 cm³/mol. The molecule has 5 nitrogen and oxygen atoms in total. The van der Waals surface area contributed by atoms with Crippen molar-refractivity contribution in [3.8, 4) is 17.3 Å². The van der Waals surface area contributed by atoms with Crippen molar-refractivity contribution in [2.75, 3.05) is 0 Å². The highest BCUT2D eigenvalue weighted by atomic mass is 16.1. The molecular weight excluding hydrogens is 240 g/mol. The van der Waals surface area contributed by atoms with Crippen LogP contribution in [0.15, 0.2) is 35.4 Å². The molecule has 3 aromatic rings. The zero-order valence-electron chi connectivity index (χ0n) is 9.84. The largest absolute Gasteiger partial charge is 0.317 e. The Morgan fingerprint density at radius 2 is 2.32 bits per heavy atom. The van der Waals surface area contributed by atoms with Gasteiger partial charge in [-0.05, 0) is 11.6 Å². The molecular formula is C14H8N4O. The summed E-state index contributed by atoms with van der Waals surface area (Å²) in [4.78, 5) is 18.9. The topological polar surface area (TPSA) is 73.9 Å². The molecule has 1 aliphatic rings. The molecule has 0 amide bonds. The summed E-state index contributed by atoms with van der Waals surface area (Å²) in [6, 6.07) is 7.77. The van der Waals surface area contributed by atoms with E-state index in [9.17, 15) is 4.79 Å². The first-order valence-electron chi connectivity index (χ1n) is 5.90. The van der Waals surface area contributed by atoms with Crippen LogP contribution in [-0.4, -0.2) is 14.4 Å². The molecule has 0 saturated heterocycles. The van der Waals surface area contributed by atoms with Gasteiger partial charge in [-0.15, -0.1) is 0 Å². The Kier molecular flexibility index (Phi) is 1.77. The minimum absolute atomic E-state index is 0.209. The second-order valence-electron chi connectivity index (χ2n) is 4.52. The predicted octanol–water partition coefficient (Wildman–Crippen LogP) is 1.47. The van der Waals surface area contributed by atoms with Crippen LogP contribution in [-0.2, 0) is 6.42 Å². The van der Waals surface area contributed by atoms with Crippen LogP contribution < -0.4 is 5.56 Å². The summed E-state index contributed by atoms with van der Waals surface area (Å²) in [6.45, 7) is 0. The van der Waals surface area contributed by atoms with E-state index in [1.165, 1.54) is 0 Å². The van der Waals surface area contributed by atoms with E-state index in [4.69, 9.17) is 5.26 Å². The molecule has 1 N–H and O–H groups in total. The van der Waals surface area contributed by atoms with Gasteiger partial charge in [0.15, 0.2) is 0 Å². The summed E-state index contributed by atoms with van der Waals surface area (Å²) >= 11 is 0. The number of benzene rings is 1. The van der Waals surface area contributed by atoms with E-state index in [1.54, 1.807) is 22.9 Å². The molecule has 0 saturated carbocycles. The van der Waals surface area contributed by atoms with E-state index in [0.717, 1.165) is 22.5 Å². The van der Waals surface area contributed by atoms with Gasteiger partial charge in [0.1, 0.15) is 0 Å². The van der Waals surface area contributed by atoms with Gasteiger partial charge in [0.05, 0.1) is 23.0 Å². The molecule has 0 spiro atoms. The highest BCUT2D eigenvalue weighted by molar-refractivity contribution is 5.75. The van der Waals surface area contributed by atoms with Crippen molar-refractivity contribution in [3.63, 3.8) is 0 Å². The molecule has 1 aliphatic carbocycles. The van der Waals surface area contributed by atoms with Crippen LogP contribution >= 0.6 is 0 Å². The van der Waals surface area contributed by atoms with Gasteiger partial charge in [0, 0.05) is 24.4 Å². The molecule has 4 rings (SSSR count). The number of aromatic nitrogens is 3. The molecule has 0 bridgehead atoms. The lowest BCUT2D eigenvalue weighted by molar-refractivity contribution is 1.00. The Balaban J connectivity index is 2.15. The molecule has 2 heterocycles. The van der Waals surface area contributed by atoms with Crippen molar-refractivity contribution >= 4 is 5.65 Å². The van der Waals surface area contributed by atoms with Crippen LogP contribution in [0.2, 0.25) is 0 Å². The SMILES string of the molecule is N#Cc1cccc2c1Cc1c-2[nH]c(=O)c2nccn12. The quantitative estimate of drug-likeness (QED) is 0.512. The lowest BCUT2D eigenvalue weighted by atomic mass is 10.0.